The van der Waals surface area contributed by atoms with Crippen LogP contribution >= 0.6 is 0 Å². The largest absolute Gasteiger partial charge is 0.354 e. The summed E-state index contributed by atoms with van der Waals surface area (Å²) < 4.78 is 24.6. The van der Waals surface area contributed by atoms with Gasteiger partial charge in [-0.3, -0.25) is 4.79 Å². The number of amides is 1. The predicted octanol–water partition coefficient (Wildman–Crippen LogP) is -1.35. The fourth-order valence-corrected chi connectivity index (χ4v) is 1.87. The highest BCUT2D eigenvalue weighted by atomic mass is 32.2. The van der Waals surface area contributed by atoms with Crippen molar-refractivity contribution in [3.63, 3.8) is 0 Å². The van der Waals surface area contributed by atoms with Crippen molar-refractivity contribution in [3.8, 4) is 0 Å². The highest BCUT2D eigenvalue weighted by molar-refractivity contribution is 7.89. The lowest BCUT2D eigenvalue weighted by Crippen LogP contribution is -2.38. The van der Waals surface area contributed by atoms with E-state index in [0.29, 0.717) is 13.1 Å². The van der Waals surface area contributed by atoms with Crippen molar-refractivity contribution in [3.05, 3.63) is 0 Å². The van der Waals surface area contributed by atoms with Gasteiger partial charge in [0.15, 0.2) is 0 Å². The zero-order valence-electron chi connectivity index (χ0n) is 9.17. The van der Waals surface area contributed by atoms with Gasteiger partial charge in [0, 0.05) is 13.1 Å². The Morgan fingerprint density at radius 3 is 2.40 bits per heavy atom. The van der Waals surface area contributed by atoms with Gasteiger partial charge in [0.1, 0.15) is 0 Å². The second-order valence-electron chi connectivity index (χ2n) is 2.95. The average Bonchev–Trinajstić information content (AvgIpc) is 2.14. The number of rotatable bonds is 8. The minimum atomic E-state index is -3.23. The van der Waals surface area contributed by atoms with Gasteiger partial charge in [0.25, 0.3) is 0 Å². The summed E-state index contributed by atoms with van der Waals surface area (Å²) in [6.45, 7) is 5.04. The second-order valence-corrected chi connectivity index (χ2v) is 4.87. The molecule has 0 aliphatic rings. The van der Waals surface area contributed by atoms with E-state index in [1.165, 1.54) is 0 Å². The van der Waals surface area contributed by atoms with E-state index in [0.717, 1.165) is 0 Å². The van der Waals surface area contributed by atoms with Gasteiger partial charge in [-0.2, -0.15) is 0 Å². The summed E-state index contributed by atoms with van der Waals surface area (Å²) >= 11 is 0. The zero-order chi connectivity index (χ0) is 11.7. The second kappa shape index (κ2) is 7.61. The predicted molar refractivity (Wildman–Crippen MR) is 59.0 cm³/mol. The quantitative estimate of drug-likeness (QED) is 0.487. The molecular weight excluding hydrogens is 218 g/mol. The first-order valence-electron chi connectivity index (χ1n) is 4.96. The van der Waals surface area contributed by atoms with E-state index >= 15 is 0 Å². The molecule has 0 aromatic rings. The molecule has 0 saturated heterocycles. The summed E-state index contributed by atoms with van der Waals surface area (Å²) in [7, 11) is -3.23. The molecule has 0 aliphatic carbocycles. The summed E-state index contributed by atoms with van der Waals surface area (Å²) in [5, 5.41) is 5.36. The molecule has 0 heterocycles. The number of likely N-dealkylation sites (N-methyl/N-ethyl adjacent to an activating group) is 1. The highest BCUT2D eigenvalue weighted by Gasteiger charge is 2.08. The summed E-state index contributed by atoms with van der Waals surface area (Å²) in [6.07, 6.45) is 0. The van der Waals surface area contributed by atoms with E-state index in [1.54, 1.807) is 6.92 Å². The Labute approximate surface area is 90.9 Å². The van der Waals surface area contributed by atoms with Gasteiger partial charge in [-0.05, 0) is 6.54 Å². The molecule has 0 atom stereocenters. The van der Waals surface area contributed by atoms with E-state index in [4.69, 9.17) is 0 Å². The van der Waals surface area contributed by atoms with Crippen LogP contribution in [-0.4, -0.2) is 46.3 Å². The summed E-state index contributed by atoms with van der Waals surface area (Å²) in [4.78, 5) is 11.1. The third-order valence-electron chi connectivity index (χ3n) is 1.59. The molecule has 0 aromatic heterocycles. The van der Waals surface area contributed by atoms with Crippen molar-refractivity contribution in [1.29, 1.82) is 0 Å². The molecule has 0 aromatic carbocycles. The van der Waals surface area contributed by atoms with Gasteiger partial charge in [0.2, 0.25) is 15.9 Å². The molecule has 7 heteroatoms. The highest BCUT2D eigenvalue weighted by Crippen LogP contribution is 1.81. The molecule has 1 amide bonds. The number of hydrogen-bond acceptors (Lipinski definition) is 4. The van der Waals surface area contributed by atoms with Crippen molar-refractivity contribution in [2.45, 2.75) is 13.8 Å². The van der Waals surface area contributed by atoms with Crippen molar-refractivity contribution < 1.29 is 13.2 Å². The summed E-state index contributed by atoms with van der Waals surface area (Å²) in [5.41, 5.74) is 0. The molecule has 6 nitrogen and oxygen atoms in total. The first-order chi connectivity index (χ1) is 7.02. The number of sulfonamides is 1. The topological polar surface area (TPSA) is 87.3 Å². The molecule has 0 radical (unpaired) electrons. The van der Waals surface area contributed by atoms with Crippen LogP contribution in [0.15, 0.2) is 0 Å². The van der Waals surface area contributed by atoms with Crippen LogP contribution in [0.3, 0.4) is 0 Å². The molecular formula is C8H19N3O3S. The lowest BCUT2D eigenvalue weighted by atomic mass is 10.5. The van der Waals surface area contributed by atoms with Gasteiger partial charge in [-0.25, -0.2) is 13.1 Å². The molecule has 0 spiro atoms. The molecule has 0 rings (SSSR count). The number of carbonyl (C=O) groups excluding carboxylic acids is 1. The van der Waals surface area contributed by atoms with Gasteiger partial charge < -0.3 is 10.6 Å². The lowest BCUT2D eigenvalue weighted by molar-refractivity contribution is -0.120. The van der Waals surface area contributed by atoms with Gasteiger partial charge in [-0.1, -0.05) is 13.8 Å². The van der Waals surface area contributed by atoms with Crippen LogP contribution in [0, 0.1) is 0 Å². The standard InChI is InChI=1S/C8H19N3O3S/c1-3-9-7-8(12)10-5-6-15(13,14)11-4-2/h9,11H,3-7H2,1-2H3,(H,10,12). The van der Waals surface area contributed by atoms with Crippen LogP contribution in [0.1, 0.15) is 13.8 Å². The SMILES string of the molecule is CCNCC(=O)NCCS(=O)(=O)NCC. The minimum absolute atomic E-state index is 0.0846. The normalized spacial score (nSPS) is 11.3. The van der Waals surface area contributed by atoms with E-state index < -0.39 is 10.0 Å². The number of carbonyl (C=O) groups is 1. The fourth-order valence-electron chi connectivity index (χ4n) is 0.918. The molecule has 15 heavy (non-hydrogen) atoms. The first-order valence-corrected chi connectivity index (χ1v) is 6.61. The Bertz CT molecular complexity index is 277. The van der Waals surface area contributed by atoms with Crippen LogP contribution in [0.5, 0.6) is 0 Å². The van der Waals surface area contributed by atoms with Crippen LogP contribution in [0.25, 0.3) is 0 Å². The van der Waals surface area contributed by atoms with E-state index in [-0.39, 0.29) is 24.7 Å². The molecule has 90 valence electrons. The number of nitrogens with one attached hydrogen (secondary N) is 3. The third-order valence-corrected chi connectivity index (χ3v) is 3.06. The van der Waals surface area contributed by atoms with Gasteiger partial charge in [-0.15, -0.1) is 0 Å². The Balaban J connectivity index is 3.65. The Morgan fingerprint density at radius 2 is 1.87 bits per heavy atom. The minimum Gasteiger partial charge on any atom is -0.354 e. The van der Waals surface area contributed by atoms with E-state index in [1.807, 2.05) is 6.92 Å². The van der Waals surface area contributed by atoms with Crippen molar-refractivity contribution in [2.24, 2.45) is 0 Å². The van der Waals surface area contributed by atoms with Crippen molar-refractivity contribution >= 4 is 15.9 Å². The van der Waals surface area contributed by atoms with Crippen molar-refractivity contribution in [2.75, 3.05) is 31.9 Å². The number of hydrogen-bond donors (Lipinski definition) is 3. The monoisotopic (exact) mass is 237 g/mol. The molecule has 0 bridgehead atoms. The maximum atomic E-state index is 11.1. The summed E-state index contributed by atoms with van der Waals surface area (Å²) in [6, 6.07) is 0. The first kappa shape index (κ1) is 14.3. The Hall–Kier alpha value is -0.660. The third kappa shape index (κ3) is 8.34. The molecule has 0 fully saturated rings. The van der Waals surface area contributed by atoms with Crippen LogP contribution in [0.2, 0.25) is 0 Å². The van der Waals surface area contributed by atoms with Crippen molar-refractivity contribution in [1.82, 2.24) is 15.4 Å². The maximum Gasteiger partial charge on any atom is 0.233 e. The fraction of sp³-hybridized carbons (Fsp3) is 0.875. The summed E-state index contributed by atoms with van der Waals surface area (Å²) in [5.74, 6) is -0.276. The van der Waals surface area contributed by atoms with Crippen LogP contribution < -0.4 is 15.4 Å². The molecule has 0 aliphatic heterocycles. The lowest BCUT2D eigenvalue weighted by Gasteiger charge is -2.06. The van der Waals surface area contributed by atoms with Crippen LogP contribution in [-0.2, 0) is 14.8 Å². The molecule has 0 saturated carbocycles. The zero-order valence-corrected chi connectivity index (χ0v) is 9.99. The molecule has 0 unspecified atom stereocenters. The van der Waals surface area contributed by atoms with E-state index in [9.17, 15) is 13.2 Å². The molecule has 3 N–H and O–H groups in total. The average molecular weight is 237 g/mol. The van der Waals surface area contributed by atoms with E-state index in [2.05, 4.69) is 15.4 Å². The smallest absolute Gasteiger partial charge is 0.233 e. The van der Waals surface area contributed by atoms with Gasteiger partial charge in [0.05, 0.1) is 12.3 Å². The van der Waals surface area contributed by atoms with Crippen LogP contribution in [0.4, 0.5) is 0 Å². The van der Waals surface area contributed by atoms with Gasteiger partial charge >= 0.3 is 0 Å². The maximum absolute atomic E-state index is 11.1. The Morgan fingerprint density at radius 1 is 1.20 bits per heavy atom. The Kier molecular flexibility index (Phi) is 7.27.